The van der Waals surface area contributed by atoms with E-state index in [4.69, 9.17) is 4.74 Å². The van der Waals surface area contributed by atoms with Crippen LogP contribution in [0.5, 0.6) is 0 Å². The highest BCUT2D eigenvalue weighted by molar-refractivity contribution is 5.98. The average Bonchev–Trinajstić information content (AvgIpc) is 3.05. The molecule has 2 saturated carbocycles. The van der Waals surface area contributed by atoms with Gasteiger partial charge in [-0.1, -0.05) is 25.7 Å². The largest absolute Gasteiger partial charge is 0.458 e. The zero-order chi connectivity index (χ0) is 20.3. The molecule has 6 heteroatoms. The molecule has 2 amide bonds. The van der Waals surface area contributed by atoms with Crippen molar-refractivity contribution in [2.75, 3.05) is 5.32 Å². The number of benzene rings is 1. The van der Waals surface area contributed by atoms with Crippen LogP contribution in [0.25, 0.3) is 0 Å². The van der Waals surface area contributed by atoms with E-state index in [2.05, 4.69) is 10.6 Å². The van der Waals surface area contributed by atoms with Crippen molar-refractivity contribution in [3.63, 3.8) is 0 Å². The van der Waals surface area contributed by atoms with Crippen LogP contribution in [0.2, 0.25) is 0 Å². The lowest BCUT2D eigenvalue weighted by molar-refractivity contribution is -0.153. The molecule has 0 aromatic heterocycles. The number of rotatable bonds is 4. The minimum Gasteiger partial charge on any atom is -0.458 e. The highest BCUT2D eigenvalue weighted by Gasteiger charge is 2.52. The van der Waals surface area contributed by atoms with E-state index in [-0.39, 0.29) is 30.2 Å². The average molecular weight is 399 g/mol. The third-order valence-electron chi connectivity index (χ3n) is 6.69. The number of hydrogen-bond acceptors (Lipinski definition) is 4. The van der Waals surface area contributed by atoms with Crippen LogP contribution in [0, 0.1) is 5.92 Å². The number of ether oxygens (including phenoxy) is 1. The van der Waals surface area contributed by atoms with Gasteiger partial charge in [0.15, 0.2) is 0 Å². The maximum atomic E-state index is 12.9. The van der Waals surface area contributed by atoms with Crippen molar-refractivity contribution in [3.8, 4) is 0 Å². The molecule has 29 heavy (non-hydrogen) atoms. The Morgan fingerprint density at radius 3 is 2.28 bits per heavy atom. The van der Waals surface area contributed by atoms with E-state index in [0.29, 0.717) is 11.3 Å². The molecule has 4 rings (SSSR count). The molecule has 1 aliphatic heterocycles. The zero-order valence-electron chi connectivity index (χ0n) is 16.9. The summed E-state index contributed by atoms with van der Waals surface area (Å²) in [6.45, 7) is 0. The van der Waals surface area contributed by atoms with Gasteiger partial charge in [0.05, 0.1) is 12.3 Å². The summed E-state index contributed by atoms with van der Waals surface area (Å²) in [4.78, 5) is 37.3. The summed E-state index contributed by atoms with van der Waals surface area (Å²) >= 11 is 0. The van der Waals surface area contributed by atoms with Gasteiger partial charge in [-0.3, -0.25) is 14.4 Å². The van der Waals surface area contributed by atoms with Gasteiger partial charge < -0.3 is 15.4 Å². The fraction of sp³-hybridized carbons (Fsp3) is 0.609. The molecule has 3 fully saturated rings. The topological polar surface area (TPSA) is 84.5 Å². The first kappa shape index (κ1) is 19.9. The molecule has 6 nitrogen and oxygen atoms in total. The summed E-state index contributed by atoms with van der Waals surface area (Å²) in [6.07, 6.45) is 10.5. The van der Waals surface area contributed by atoms with E-state index >= 15 is 0 Å². The van der Waals surface area contributed by atoms with Gasteiger partial charge in [0.25, 0.3) is 5.91 Å². The van der Waals surface area contributed by atoms with Crippen molar-refractivity contribution in [2.24, 2.45) is 5.92 Å². The summed E-state index contributed by atoms with van der Waals surface area (Å²) in [6, 6.07) is 7.24. The third-order valence-corrected chi connectivity index (χ3v) is 6.69. The number of nitrogens with one attached hydrogen (secondary N) is 2. The van der Waals surface area contributed by atoms with Crippen LogP contribution in [0.4, 0.5) is 5.69 Å². The number of carbonyl (C=O) groups excluding carboxylic acids is 3. The van der Waals surface area contributed by atoms with Gasteiger partial charge in [0.2, 0.25) is 5.91 Å². The minimum absolute atomic E-state index is 0.0641. The normalized spacial score (nSPS) is 24.1. The van der Waals surface area contributed by atoms with Crippen LogP contribution in [0.15, 0.2) is 24.3 Å². The summed E-state index contributed by atoms with van der Waals surface area (Å²) < 4.78 is 5.63. The van der Waals surface area contributed by atoms with E-state index in [1.807, 2.05) is 0 Å². The van der Waals surface area contributed by atoms with Gasteiger partial charge in [0, 0.05) is 17.3 Å². The molecule has 2 aliphatic carbocycles. The molecule has 1 aromatic rings. The Morgan fingerprint density at radius 2 is 1.59 bits per heavy atom. The second-order valence-corrected chi connectivity index (χ2v) is 8.73. The van der Waals surface area contributed by atoms with E-state index in [0.717, 1.165) is 44.9 Å². The van der Waals surface area contributed by atoms with E-state index in [1.54, 1.807) is 24.3 Å². The Labute approximate surface area is 171 Å². The van der Waals surface area contributed by atoms with E-state index < -0.39 is 11.5 Å². The number of amides is 2. The van der Waals surface area contributed by atoms with Crippen molar-refractivity contribution in [1.82, 2.24) is 5.32 Å². The Morgan fingerprint density at radius 1 is 0.931 bits per heavy atom. The Bertz CT molecular complexity index is 762. The van der Waals surface area contributed by atoms with Crippen LogP contribution < -0.4 is 10.6 Å². The molecular formula is C23H30N2O4. The molecule has 0 radical (unpaired) electrons. The molecular weight excluding hydrogens is 368 g/mol. The van der Waals surface area contributed by atoms with Crippen LogP contribution in [-0.4, -0.2) is 29.4 Å². The number of hydrogen-bond donors (Lipinski definition) is 2. The first-order valence-corrected chi connectivity index (χ1v) is 11.0. The Hall–Kier alpha value is -2.37. The van der Waals surface area contributed by atoms with Crippen molar-refractivity contribution < 1.29 is 19.1 Å². The summed E-state index contributed by atoms with van der Waals surface area (Å²) in [7, 11) is 0. The molecule has 1 aromatic carbocycles. The lowest BCUT2D eigenvalue weighted by Crippen LogP contribution is -2.43. The molecule has 1 atom stereocenters. The first-order chi connectivity index (χ1) is 14.1. The smallest absolute Gasteiger partial charge is 0.307 e. The fourth-order valence-electron chi connectivity index (χ4n) is 5.07. The highest BCUT2D eigenvalue weighted by atomic mass is 16.6. The fourth-order valence-corrected chi connectivity index (χ4v) is 5.07. The molecule has 156 valence electrons. The number of carbonyl (C=O) groups is 3. The number of anilines is 1. The van der Waals surface area contributed by atoms with Crippen molar-refractivity contribution in [3.05, 3.63) is 29.8 Å². The van der Waals surface area contributed by atoms with E-state index in [1.165, 1.54) is 19.3 Å². The van der Waals surface area contributed by atoms with E-state index in [9.17, 15) is 14.4 Å². The van der Waals surface area contributed by atoms with Gasteiger partial charge in [-0.25, -0.2) is 0 Å². The molecule has 0 bridgehead atoms. The standard InChI is InChI=1S/C23H30N2O4/c26-20-15-19(23(29-20)13-5-2-6-14-23)22(28)25-18-11-9-16(10-12-18)21(27)24-17-7-3-1-4-8-17/h9-12,17,19H,1-8,13-15H2,(H,24,27)(H,25,28)/t19-/m1/s1. The van der Waals surface area contributed by atoms with Gasteiger partial charge in [-0.2, -0.15) is 0 Å². The van der Waals surface area contributed by atoms with Crippen LogP contribution >= 0.6 is 0 Å². The molecule has 1 saturated heterocycles. The SMILES string of the molecule is O=C1C[C@H](C(=O)Nc2ccc(C(=O)NC3CCCCC3)cc2)C2(CCCCC2)O1. The predicted molar refractivity (Wildman–Crippen MR) is 109 cm³/mol. The number of esters is 1. The molecule has 2 N–H and O–H groups in total. The predicted octanol–water partition coefficient (Wildman–Crippen LogP) is 3.95. The minimum atomic E-state index is -0.626. The van der Waals surface area contributed by atoms with Gasteiger partial charge in [0.1, 0.15) is 5.60 Å². The quantitative estimate of drug-likeness (QED) is 0.752. The van der Waals surface area contributed by atoms with Gasteiger partial charge >= 0.3 is 5.97 Å². The van der Waals surface area contributed by atoms with Crippen molar-refractivity contribution in [2.45, 2.75) is 82.3 Å². The maximum Gasteiger partial charge on any atom is 0.307 e. The van der Waals surface area contributed by atoms with Crippen molar-refractivity contribution >= 4 is 23.5 Å². The second-order valence-electron chi connectivity index (χ2n) is 8.73. The van der Waals surface area contributed by atoms with Gasteiger partial charge in [-0.15, -0.1) is 0 Å². The molecule has 1 heterocycles. The summed E-state index contributed by atoms with van der Waals surface area (Å²) in [5.41, 5.74) is 0.602. The summed E-state index contributed by atoms with van der Waals surface area (Å²) in [5.74, 6) is -0.950. The van der Waals surface area contributed by atoms with Crippen molar-refractivity contribution in [1.29, 1.82) is 0 Å². The summed E-state index contributed by atoms with van der Waals surface area (Å²) in [5, 5.41) is 6.02. The first-order valence-electron chi connectivity index (χ1n) is 11.0. The molecule has 0 unspecified atom stereocenters. The Balaban J connectivity index is 1.37. The monoisotopic (exact) mass is 398 g/mol. The lowest BCUT2D eigenvalue weighted by Gasteiger charge is -2.36. The molecule has 3 aliphatic rings. The van der Waals surface area contributed by atoms with Crippen LogP contribution in [0.3, 0.4) is 0 Å². The van der Waals surface area contributed by atoms with Crippen LogP contribution in [-0.2, 0) is 14.3 Å². The lowest BCUT2D eigenvalue weighted by atomic mass is 9.75. The third kappa shape index (κ3) is 4.46. The van der Waals surface area contributed by atoms with Gasteiger partial charge in [-0.05, 0) is 62.8 Å². The van der Waals surface area contributed by atoms with Crippen LogP contribution in [0.1, 0.15) is 81.0 Å². The maximum absolute atomic E-state index is 12.9. The molecule has 1 spiro atoms. The zero-order valence-corrected chi connectivity index (χ0v) is 16.9. The highest BCUT2D eigenvalue weighted by Crippen LogP contribution is 2.44. The Kier molecular flexibility index (Phi) is 5.88. The second kappa shape index (κ2) is 8.56.